The van der Waals surface area contributed by atoms with Gasteiger partial charge in [0.05, 0.1) is 0 Å². The van der Waals surface area contributed by atoms with Crippen molar-refractivity contribution >= 4 is 6.09 Å². The van der Waals surface area contributed by atoms with Crippen LogP contribution in [0.15, 0.2) is 24.3 Å². The zero-order valence-electron chi connectivity index (χ0n) is 12.5. The van der Waals surface area contributed by atoms with Gasteiger partial charge in [0.1, 0.15) is 5.75 Å². The van der Waals surface area contributed by atoms with Crippen molar-refractivity contribution in [1.82, 2.24) is 9.80 Å². The molecule has 4 nitrogen and oxygen atoms in total. The lowest BCUT2D eigenvalue weighted by molar-refractivity contribution is 0.157. The number of amides is 1. The quantitative estimate of drug-likeness (QED) is 0.819. The number of carbonyl (C=O) groups excluding carboxylic acids is 1. The first-order chi connectivity index (χ1) is 8.99. The lowest BCUT2D eigenvalue weighted by Gasteiger charge is -2.21. The monoisotopic (exact) mass is 264 g/mol. The minimum absolute atomic E-state index is 0.284. The third-order valence-corrected chi connectivity index (χ3v) is 3.34. The van der Waals surface area contributed by atoms with E-state index in [-0.39, 0.29) is 12.1 Å². The highest BCUT2D eigenvalue weighted by Crippen LogP contribution is 2.22. The van der Waals surface area contributed by atoms with Crippen LogP contribution in [0.3, 0.4) is 0 Å². The summed E-state index contributed by atoms with van der Waals surface area (Å²) >= 11 is 0. The third kappa shape index (κ3) is 4.24. The van der Waals surface area contributed by atoms with Crippen LogP contribution < -0.4 is 4.74 Å². The highest BCUT2D eigenvalue weighted by atomic mass is 16.6. The summed E-state index contributed by atoms with van der Waals surface area (Å²) in [6, 6.07) is 7.98. The molecule has 1 aromatic rings. The Morgan fingerprint density at radius 3 is 2.42 bits per heavy atom. The van der Waals surface area contributed by atoms with Gasteiger partial charge in [-0.1, -0.05) is 12.1 Å². The zero-order valence-corrected chi connectivity index (χ0v) is 12.5. The van der Waals surface area contributed by atoms with Crippen LogP contribution in [0.5, 0.6) is 5.75 Å². The Hall–Kier alpha value is -1.55. The van der Waals surface area contributed by atoms with Gasteiger partial charge in [0.25, 0.3) is 0 Å². The van der Waals surface area contributed by atoms with Gasteiger partial charge in [0, 0.05) is 19.1 Å². The predicted octanol–water partition coefficient (Wildman–Crippen LogP) is 3.15. The maximum absolute atomic E-state index is 11.9. The molecule has 1 aromatic carbocycles. The normalized spacial score (nSPS) is 12.3. The number of ether oxygens (including phenoxy) is 1. The molecule has 1 rings (SSSR count). The van der Waals surface area contributed by atoms with Gasteiger partial charge in [-0.25, -0.2) is 4.79 Å². The minimum Gasteiger partial charge on any atom is -0.410 e. The molecule has 0 radical (unpaired) electrons. The number of benzene rings is 1. The minimum atomic E-state index is -0.292. The molecule has 0 aliphatic rings. The van der Waals surface area contributed by atoms with Gasteiger partial charge in [0.2, 0.25) is 0 Å². The van der Waals surface area contributed by atoms with Gasteiger partial charge in [-0.05, 0) is 52.6 Å². The molecular weight excluding hydrogens is 240 g/mol. The van der Waals surface area contributed by atoms with E-state index in [1.54, 1.807) is 4.90 Å². The van der Waals surface area contributed by atoms with E-state index < -0.39 is 0 Å². The summed E-state index contributed by atoms with van der Waals surface area (Å²) in [7, 11) is 4.05. The van der Waals surface area contributed by atoms with Gasteiger partial charge >= 0.3 is 6.09 Å². The Kier molecular flexibility index (Phi) is 5.83. The van der Waals surface area contributed by atoms with Crippen molar-refractivity contribution in [1.29, 1.82) is 0 Å². The standard InChI is InChI=1S/C15H24N2O2/c1-6-17(7-2)15(18)19-14-10-8-9-13(11-14)12(3)16(4)5/h8-12H,6-7H2,1-5H3/t12-/m1/s1. The van der Waals surface area contributed by atoms with Crippen molar-refractivity contribution < 1.29 is 9.53 Å². The largest absolute Gasteiger partial charge is 0.415 e. The van der Waals surface area contributed by atoms with Crippen molar-refractivity contribution in [2.24, 2.45) is 0 Å². The Labute approximate surface area is 116 Å². The molecule has 19 heavy (non-hydrogen) atoms. The summed E-state index contributed by atoms with van der Waals surface area (Å²) in [5.74, 6) is 0.600. The smallest absolute Gasteiger partial charge is 0.410 e. The maximum atomic E-state index is 11.9. The van der Waals surface area contributed by atoms with Crippen molar-refractivity contribution in [2.45, 2.75) is 26.8 Å². The summed E-state index contributed by atoms with van der Waals surface area (Å²) in [6.45, 7) is 7.31. The lowest BCUT2D eigenvalue weighted by Crippen LogP contribution is -2.33. The fourth-order valence-electron chi connectivity index (χ4n) is 1.78. The SMILES string of the molecule is CCN(CC)C(=O)Oc1cccc([C@@H](C)N(C)C)c1. The van der Waals surface area contributed by atoms with Gasteiger partial charge in [-0.2, -0.15) is 0 Å². The van der Waals surface area contributed by atoms with E-state index >= 15 is 0 Å². The van der Waals surface area contributed by atoms with E-state index in [1.807, 2.05) is 52.2 Å². The first kappa shape index (κ1) is 15.5. The highest BCUT2D eigenvalue weighted by Gasteiger charge is 2.13. The number of hydrogen-bond acceptors (Lipinski definition) is 3. The summed E-state index contributed by atoms with van der Waals surface area (Å²) in [5.41, 5.74) is 1.13. The van der Waals surface area contributed by atoms with E-state index in [2.05, 4.69) is 11.8 Å². The number of hydrogen-bond donors (Lipinski definition) is 0. The van der Waals surface area contributed by atoms with Crippen molar-refractivity contribution in [3.8, 4) is 5.75 Å². The fraction of sp³-hybridized carbons (Fsp3) is 0.533. The number of carbonyl (C=O) groups is 1. The van der Waals surface area contributed by atoms with Crippen LogP contribution >= 0.6 is 0 Å². The summed E-state index contributed by atoms with van der Waals surface area (Å²) < 4.78 is 5.40. The van der Waals surface area contributed by atoms with Crippen LogP contribution in [-0.4, -0.2) is 43.1 Å². The van der Waals surface area contributed by atoms with Crippen LogP contribution in [0.2, 0.25) is 0 Å². The van der Waals surface area contributed by atoms with E-state index in [4.69, 9.17) is 4.74 Å². The molecule has 106 valence electrons. The first-order valence-electron chi connectivity index (χ1n) is 6.72. The fourth-order valence-corrected chi connectivity index (χ4v) is 1.78. The van der Waals surface area contributed by atoms with E-state index in [0.29, 0.717) is 18.8 Å². The molecule has 4 heteroatoms. The average molecular weight is 264 g/mol. The summed E-state index contributed by atoms with van der Waals surface area (Å²) in [4.78, 5) is 15.7. The van der Waals surface area contributed by atoms with Crippen molar-refractivity contribution in [2.75, 3.05) is 27.2 Å². The van der Waals surface area contributed by atoms with Crippen molar-refractivity contribution in [3.63, 3.8) is 0 Å². The lowest BCUT2D eigenvalue weighted by atomic mass is 10.1. The van der Waals surface area contributed by atoms with Crippen LogP contribution in [0.1, 0.15) is 32.4 Å². The second kappa shape index (κ2) is 7.14. The van der Waals surface area contributed by atoms with Crippen LogP contribution in [0.4, 0.5) is 4.79 Å². The molecule has 0 N–H and O–H groups in total. The summed E-state index contributed by atoms with van der Waals surface area (Å²) in [6.07, 6.45) is -0.292. The van der Waals surface area contributed by atoms with Crippen LogP contribution in [0, 0.1) is 0 Å². The van der Waals surface area contributed by atoms with E-state index in [1.165, 1.54) is 0 Å². The molecule has 0 bridgehead atoms. The third-order valence-electron chi connectivity index (χ3n) is 3.34. The Morgan fingerprint density at radius 1 is 1.26 bits per heavy atom. The van der Waals surface area contributed by atoms with E-state index in [0.717, 1.165) is 5.56 Å². The topological polar surface area (TPSA) is 32.8 Å². The average Bonchev–Trinajstić information content (AvgIpc) is 2.39. The molecule has 0 saturated heterocycles. The molecule has 1 amide bonds. The molecule has 0 aliphatic heterocycles. The van der Waals surface area contributed by atoms with Gasteiger partial charge in [-0.3, -0.25) is 0 Å². The van der Waals surface area contributed by atoms with Gasteiger partial charge in [-0.15, -0.1) is 0 Å². The molecule has 0 unspecified atom stereocenters. The number of rotatable bonds is 5. The molecule has 1 atom stereocenters. The van der Waals surface area contributed by atoms with Gasteiger partial charge < -0.3 is 14.5 Å². The summed E-state index contributed by atoms with van der Waals surface area (Å²) in [5, 5.41) is 0. The van der Waals surface area contributed by atoms with E-state index in [9.17, 15) is 4.79 Å². The zero-order chi connectivity index (χ0) is 14.4. The maximum Gasteiger partial charge on any atom is 0.415 e. The first-order valence-corrected chi connectivity index (χ1v) is 6.72. The molecule has 0 spiro atoms. The van der Waals surface area contributed by atoms with Crippen LogP contribution in [0.25, 0.3) is 0 Å². The molecule has 0 aliphatic carbocycles. The molecule has 0 saturated carbocycles. The molecular formula is C15H24N2O2. The van der Waals surface area contributed by atoms with Crippen LogP contribution in [-0.2, 0) is 0 Å². The Bertz CT molecular complexity index is 414. The Morgan fingerprint density at radius 2 is 1.89 bits per heavy atom. The predicted molar refractivity (Wildman–Crippen MR) is 77.5 cm³/mol. The second-order valence-electron chi connectivity index (χ2n) is 4.75. The highest BCUT2D eigenvalue weighted by molar-refractivity contribution is 5.70. The molecule has 0 heterocycles. The molecule has 0 aromatic heterocycles. The Balaban J connectivity index is 2.80. The van der Waals surface area contributed by atoms with Gasteiger partial charge in [0.15, 0.2) is 0 Å². The van der Waals surface area contributed by atoms with Crippen molar-refractivity contribution in [3.05, 3.63) is 29.8 Å². The second-order valence-corrected chi connectivity index (χ2v) is 4.75. The molecule has 0 fully saturated rings. The number of nitrogens with zero attached hydrogens (tertiary/aromatic N) is 2.